The van der Waals surface area contributed by atoms with Gasteiger partial charge >= 0.3 is 5.97 Å². The van der Waals surface area contributed by atoms with E-state index in [0.717, 1.165) is 17.0 Å². The van der Waals surface area contributed by atoms with Crippen LogP contribution in [0.3, 0.4) is 0 Å². The first-order chi connectivity index (χ1) is 10.5. The molecule has 0 unspecified atom stereocenters. The highest BCUT2D eigenvalue weighted by molar-refractivity contribution is 5.92. The summed E-state index contributed by atoms with van der Waals surface area (Å²) in [4.78, 5) is 26.6. The van der Waals surface area contributed by atoms with Gasteiger partial charge in [0.15, 0.2) is 0 Å². The molecule has 0 spiro atoms. The van der Waals surface area contributed by atoms with Gasteiger partial charge in [0, 0.05) is 6.08 Å². The number of aromatic carboxylic acids is 1. The highest BCUT2D eigenvalue weighted by atomic mass is 16.4. The lowest BCUT2D eigenvalue weighted by Crippen LogP contribution is -2.20. The first kappa shape index (κ1) is 15.5. The molecule has 1 aromatic carbocycles. The molecule has 0 aliphatic rings. The van der Waals surface area contributed by atoms with Gasteiger partial charge in [0.2, 0.25) is 11.8 Å². The summed E-state index contributed by atoms with van der Waals surface area (Å²) in [6.07, 6.45) is 2.98. The lowest BCUT2D eigenvalue weighted by Gasteiger charge is -1.98. The number of hydrogen-bond acceptors (Lipinski definition) is 4. The summed E-state index contributed by atoms with van der Waals surface area (Å²) in [7, 11) is 0. The van der Waals surface area contributed by atoms with Crippen LogP contribution in [0.5, 0.6) is 0 Å². The van der Waals surface area contributed by atoms with Gasteiger partial charge in [0.1, 0.15) is 5.76 Å². The molecule has 1 amide bonds. The summed E-state index contributed by atoms with van der Waals surface area (Å²) in [5, 5.41) is 11.5. The lowest BCUT2D eigenvalue weighted by atomic mass is 10.1. The fraction of sp³-hybridized carbons (Fsp3) is 0.188. The number of oxazole rings is 1. The molecule has 114 valence electrons. The van der Waals surface area contributed by atoms with E-state index < -0.39 is 5.97 Å². The third kappa shape index (κ3) is 4.05. The van der Waals surface area contributed by atoms with E-state index in [4.69, 9.17) is 9.52 Å². The number of hydrogen-bond donors (Lipinski definition) is 2. The summed E-state index contributed by atoms with van der Waals surface area (Å²) in [5.41, 5.74) is 1.75. The van der Waals surface area contributed by atoms with Crippen LogP contribution in [-0.2, 0) is 11.3 Å². The monoisotopic (exact) mass is 300 g/mol. The Kier molecular flexibility index (Phi) is 4.73. The topological polar surface area (TPSA) is 92.4 Å². The molecule has 0 aliphatic heterocycles. The van der Waals surface area contributed by atoms with Crippen molar-refractivity contribution in [1.82, 2.24) is 10.3 Å². The molecule has 0 bridgehead atoms. The Labute approximate surface area is 127 Å². The summed E-state index contributed by atoms with van der Waals surface area (Å²) in [5.74, 6) is -0.0681. The largest absolute Gasteiger partial charge is 0.478 e. The van der Waals surface area contributed by atoms with Gasteiger partial charge in [0.05, 0.1) is 17.8 Å². The molecular weight excluding hydrogens is 284 g/mol. The van der Waals surface area contributed by atoms with Crippen molar-refractivity contribution in [2.24, 2.45) is 0 Å². The molecule has 2 N–H and O–H groups in total. The molecule has 0 aliphatic carbocycles. The molecule has 2 rings (SSSR count). The Bertz CT molecular complexity index is 695. The van der Waals surface area contributed by atoms with Crippen molar-refractivity contribution < 1.29 is 19.1 Å². The van der Waals surface area contributed by atoms with Crippen molar-refractivity contribution in [3.63, 3.8) is 0 Å². The van der Waals surface area contributed by atoms with Crippen LogP contribution in [0.4, 0.5) is 0 Å². The SMILES string of the molecule is Cc1nc(CNC(=O)/C=C/c2ccc(C(=O)O)cc2)oc1C. The average molecular weight is 300 g/mol. The minimum Gasteiger partial charge on any atom is -0.478 e. The van der Waals surface area contributed by atoms with Crippen molar-refractivity contribution in [2.75, 3.05) is 0 Å². The minimum absolute atomic E-state index is 0.205. The van der Waals surface area contributed by atoms with Gasteiger partial charge in [-0.25, -0.2) is 9.78 Å². The second-order valence-corrected chi connectivity index (χ2v) is 4.73. The van der Waals surface area contributed by atoms with Crippen molar-refractivity contribution in [3.8, 4) is 0 Å². The van der Waals surface area contributed by atoms with Gasteiger partial charge in [-0.1, -0.05) is 12.1 Å². The van der Waals surface area contributed by atoms with Crippen LogP contribution in [0.25, 0.3) is 6.08 Å². The maximum absolute atomic E-state index is 11.7. The average Bonchev–Trinajstić information content (AvgIpc) is 2.82. The molecule has 1 heterocycles. The maximum Gasteiger partial charge on any atom is 0.335 e. The zero-order valence-corrected chi connectivity index (χ0v) is 12.3. The highest BCUT2D eigenvalue weighted by Crippen LogP contribution is 2.08. The van der Waals surface area contributed by atoms with Gasteiger partial charge in [-0.05, 0) is 37.6 Å². The van der Waals surface area contributed by atoms with E-state index in [1.807, 2.05) is 13.8 Å². The number of carbonyl (C=O) groups is 2. The van der Waals surface area contributed by atoms with Gasteiger partial charge in [-0.3, -0.25) is 4.79 Å². The second-order valence-electron chi connectivity index (χ2n) is 4.73. The van der Waals surface area contributed by atoms with Crippen LogP contribution >= 0.6 is 0 Å². The Morgan fingerprint density at radius 2 is 1.95 bits per heavy atom. The zero-order valence-electron chi connectivity index (χ0n) is 12.3. The second kappa shape index (κ2) is 6.71. The number of rotatable bonds is 5. The number of carbonyl (C=O) groups excluding carboxylic acids is 1. The number of nitrogens with one attached hydrogen (secondary N) is 1. The van der Waals surface area contributed by atoms with E-state index in [1.165, 1.54) is 18.2 Å². The van der Waals surface area contributed by atoms with Crippen LogP contribution in [0.15, 0.2) is 34.8 Å². The fourth-order valence-electron chi connectivity index (χ4n) is 1.75. The highest BCUT2D eigenvalue weighted by Gasteiger charge is 2.06. The van der Waals surface area contributed by atoms with Gasteiger partial charge in [0.25, 0.3) is 0 Å². The van der Waals surface area contributed by atoms with Crippen LogP contribution in [-0.4, -0.2) is 22.0 Å². The fourth-order valence-corrected chi connectivity index (χ4v) is 1.75. The first-order valence-corrected chi connectivity index (χ1v) is 6.68. The van der Waals surface area contributed by atoms with Crippen LogP contribution in [0.2, 0.25) is 0 Å². The van der Waals surface area contributed by atoms with Gasteiger partial charge in [-0.2, -0.15) is 0 Å². The lowest BCUT2D eigenvalue weighted by molar-refractivity contribution is -0.116. The number of aryl methyl sites for hydroxylation is 2. The molecular formula is C16H16N2O4. The predicted molar refractivity (Wildman–Crippen MR) is 80.3 cm³/mol. The Hall–Kier alpha value is -2.89. The first-order valence-electron chi connectivity index (χ1n) is 6.68. The van der Waals surface area contributed by atoms with Crippen molar-refractivity contribution in [2.45, 2.75) is 20.4 Å². The number of benzene rings is 1. The van der Waals surface area contributed by atoms with Crippen molar-refractivity contribution in [3.05, 3.63) is 58.8 Å². The normalized spacial score (nSPS) is 10.8. The molecule has 6 nitrogen and oxygen atoms in total. The minimum atomic E-state index is -0.982. The van der Waals surface area contributed by atoms with E-state index in [2.05, 4.69) is 10.3 Å². The smallest absolute Gasteiger partial charge is 0.335 e. The number of carboxylic acids is 1. The molecule has 0 atom stereocenters. The number of carboxylic acid groups (broad SMARTS) is 1. The van der Waals surface area contributed by atoms with Crippen LogP contribution in [0, 0.1) is 13.8 Å². The van der Waals surface area contributed by atoms with E-state index in [1.54, 1.807) is 18.2 Å². The van der Waals surface area contributed by atoms with E-state index >= 15 is 0 Å². The Morgan fingerprint density at radius 1 is 1.27 bits per heavy atom. The summed E-state index contributed by atoms with van der Waals surface area (Å²) in [6, 6.07) is 6.23. The Balaban J connectivity index is 1.89. The summed E-state index contributed by atoms with van der Waals surface area (Å²) < 4.78 is 5.36. The molecule has 1 aromatic heterocycles. The third-order valence-corrected chi connectivity index (χ3v) is 3.07. The predicted octanol–water partition coefficient (Wildman–Crippen LogP) is 2.32. The molecule has 0 fully saturated rings. The third-order valence-electron chi connectivity index (χ3n) is 3.07. The number of amides is 1. The summed E-state index contributed by atoms with van der Waals surface area (Å²) in [6.45, 7) is 3.87. The molecule has 0 radical (unpaired) electrons. The number of aromatic nitrogens is 1. The molecule has 0 saturated heterocycles. The summed E-state index contributed by atoms with van der Waals surface area (Å²) >= 11 is 0. The van der Waals surface area contributed by atoms with Crippen molar-refractivity contribution in [1.29, 1.82) is 0 Å². The van der Waals surface area contributed by atoms with Crippen LogP contribution < -0.4 is 5.32 Å². The van der Waals surface area contributed by atoms with E-state index in [0.29, 0.717) is 5.89 Å². The van der Waals surface area contributed by atoms with Crippen LogP contribution in [0.1, 0.15) is 33.3 Å². The van der Waals surface area contributed by atoms with E-state index in [9.17, 15) is 9.59 Å². The van der Waals surface area contributed by atoms with Gasteiger partial charge in [-0.15, -0.1) is 0 Å². The van der Waals surface area contributed by atoms with E-state index in [-0.39, 0.29) is 18.0 Å². The maximum atomic E-state index is 11.7. The molecule has 22 heavy (non-hydrogen) atoms. The van der Waals surface area contributed by atoms with Crippen molar-refractivity contribution >= 4 is 18.0 Å². The zero-order chi connectivity index (χ0) is 16.1. The molecule has 0 saturated carbocycles. The number of nitrogens with zero attached hydrogens (tertiary/aromatic N) is 1. The standard InChI is InChI=1S/C16H16N2O4/c1-10-11(2)22-15(18-10)9-17-14(19)8-5-12-3-6-13(7-4-12)16(20)21/h3-8H,9H2,1-2H3,(H,17,19)(H,20,21)/b8-5+. The quantitative estimate of drug-likeness (QED) is 0.827. The molecule has 6 heteroatoms. The van der Waals surface area contributed by atoms with Gasteiger partial charge < -0.3 is 14.8 Å². The Morgan fingerprint density at radius 3 is 2.50 bits per heavy atom. The molecule has 2 aromatic rings.